The van der Waals surface area contributed by atoms with Crippen molar-refractivity contribution in [2.24, 2.45) is 46.3 Å². The summed E-state index contributed by atoms with van der Waals surface area (Å²) in [5.41, 5.74) is -0.254. The lowest BCUT2D eigenvalue weighted by Gasteiger charge is -2.63. The van der Waals surface area contributed by atoms with E-state index in [1.54, 1.807) is 0 Å². The molecule has 4 fully saturated rings. The first-order valence-electron chi connectivity index (χ1n) is 13.5. The van der Waals surface area contributed by atoms with Crippen molar-refractivity contribution in [1.82, 2.24) is 5.32 Å². The van der Waals surface area contributed by atoms with Crippen molar-refractivity contribution >= 4 is 16.0 Å². The minimum atomic E-state index is -4.10. The molecule has 9 heteroatoms. The summed E-state index contributed by atoms with van der Waals surface area (Å²) in [6, 6.07) is 0. The Hall–Kier alpha value is -0.740. The van der Waals surface area contributed by atoms with Crippen LogP contribution in [0.2, 0.25) is 0 Å². The molecule has 1 amide bonds. The summed E-state index contributed by atoms with van der Waals surface area (Å²) in [5, 5.41) is 35.8. The molecule has 0 aromatic carbocycles. The number of hydrogen-bond donors (Lipinski definition) is 5. The highest BCUT2D eigenvalue weighted by Crippen LogP contribution is 2.68. The van der Waals surface area contributed by atoms with E-state index >= 15 is 0 Å². The van der Waals surface area contributed by atoms with Gasteiger partial charge in [0.1, 0.15) is 0 Å². The summed E-state index contributed by atoms with van der Waals surface area (Å²) in [6.45, 7) is 6.56. The molecule has 202 valence electrons. The maximum atomic E-state index is 12.2. The molecule has 0 aromatic heterocycles. The maximum absolute atomic E-state index is 12.2. The standard InChI is InChI=1S/C26H45NO7S/c1-15(4-7-23(31)27-10-11-35(32,33)34)18-5-6-19-24-20(14-22(30)26(18,19)3)25(2)9-8-17(28)12-16(25)13-21(24)29/h15-22,24,28-30H,4-14H2,1-3H3,(H,27,31)(H,32,33,34)/t15-,16?,17-,18-,19+,20+,21-,22+,24+,25+,26-/m1/s1/i11+2. The third kappa shape index (κ3) is 5.05. The molecule has 0 radical (unpaired) electrons. The number of nitrogens with one attached hydrogen (secondary N) is 1. The van der Waals surface area contributed by atoms with Gasteiger partial charge >= 0.3 is 0 Å². The van der Waals surface area contributed by atoms with Crippen molar-refractivity contribution in [1.29, 1.82) is 0 Å². The Morgan fingerprint density at radius 3 is 2.49 bits per heavy atom. The van der Waals surface area contributed by atoms with Gasteiger partial charge in [-0.3, -0.25) is 9.35 Å². The Balaban J connectivity index is 1.43. The van der Waals surface area contributed by atoms with E-state index in [4.69, 9.17) is 4.55 Å². The number of amides is 1. The van der Waals surface area contributed by atoms with Crippen molar-refractivity contribution in [2.45, 2.75) is 96.9 Å². The lowest BCUT2D eigenvalue weighted by Crippen LogP contribution is -2.62. The Labute approximate surface area is 210 Å². The minimum absolute atomic E-state index is 0.0509. The van der Waals surface area contributed by atoms with Gasteiger partial charge in [0.15, 0.2) is 0 Å². The zero-order valence-corrected chi connectivity index (χ0v) is 22.2. The molecule has 0 bridgehead atoms. The molecule has 0 aromatic rings. The second-order valence-corrected chi connectivity index (χ2v) is 14.2. The van der Waals surface area contributed by atoms with E-state index in [0.29, 0.717) is 18.8 Å². The Morgan fingerprint density at radius 2 is 1.80 bits per heavy atom. The molecular weight excluding hydrogens is 472 g/mol. The Morgan fingerprint density at radius 1 is 1.09 bits per heavy atom. The number of carbonyl (C=O) groups is 1. The number of hydrogen-bond acceptors (Lipinski definition) is 6. The van der Waals surface area contributed by atoms with Gasteiger partial charge in [-0.05, 0) is 97.7 Å². The highest BCUT2D eigenvalue weighted by molar-refractivity contribution is 7.85. The molecule has 4 aliphatic carbocycles. The highest BCUT2D eigenvalue weighted by atomic mass is 32.2. The average molecular weight is 518 g/mol. The van der Waals surface area contributed by atoms with E-state index in [9.17, 15) is 28.5 Å². The van der Waals surface area contributed by atoms with Gasteiger partial charge in [-0.1, -0.05) is 20.8 Å². The molecule has 4 rings (SSSR count). The monoisotopic (exact) mass is 517 g/mol. The second-order valence-electron chi connectivity index (χ2n) is 12.7. The number of aliphatic hydroxyl groups is 3. The van der Waals surface area contributed by atoms with Gasteiger partial charge in [0.05, 0.1) is 24.1 Å². The number of rotatable bonds is 7. The van der Waals surface area contributed by atoms with Crippen molar-refractivity contribution in [3.05, 3.63) is 0 Å². The van der Waals surface area contributed by atoms with Crippen LogP contribution in [0.3, 0.4) is 0 Å². The van der Waals surface area contributed by atoms with Crippen LogP contribution in [-0.2, 0) is 14.9 Å². The van der Waals surface area contributed by atoms with Gasteiger partial charge in [0.25, 0.3) is 10.1 Å². The summed E-state index contributed by atoms with van der Waals surface area (Å²) in [5.74, 6) is 0.705. The summed E-state index contributed by atoms with van der Waals surface area (Å²) in [6.07, 6.45) is 5.67. The fourth-order valence-electron chi connectivity index (χ4n) is 9.10. The SMILES string of the molecule is C[C@H](CCC(=O)NC[14CH2]S(=O)(=O)O)[C@H]1CC[C@H]2[C@@H]3[C@H](O)CC4C[C@H](O)CC[C@]4(C)[C@H]3C[C@H](O)[C@]12C. The van der Waals surface area contributed by atoms with Crippen LogP contribution in [0.15, 0.2) is 0 Å². The Bertz CT molecular complexity index is 896. The maximum Gasteiger partial charge on any atom is 0.266 e. The quantitative estimate of drug-likeness (QED) is 0.326. The van der Waals surface area contributed by atoms with Gasteiger partial charge in [-0.15, -0.1) is 0 Å². The average Bonchev–Trinajstić information content (AvgIpc) is 3.12. The predicted octanol–water partition coefficient (Wildman–Crippen LogP) is 2.37. The number of fused-ring (bicyclic) bond motifs is 5. The zero-order chi connectivity index (χ0) is 25.8. The highest BCUT2D eigenvalue weighted by Gasteiger charge is 2.65. The molecule has 35 heavy (non-hydrogen) atoms. The van der Waals surface area contributed by atoms with E-state index in [1.807, 2.05) is 0 Å². The van der Waals surface area contributed by atoms with E-state index < -0.39 is 28.1 Å². The predicted molar refractivity (Wildman–Crippen MR) is 132 cm³/mol. The number of carbonyl (C=O) groups excluding carboxylic acids is 1. The van der Waals surface area contributed by atoms with Gasteiger partial charge < -0.3 is 20.6 Å². The van der Waals surface area contributed by atoms with Crippen LogP contribution in [0.4, 0.5) is 0 Å². The molecule has 11 atom stereocenters. The van der Waals surface area contributed by atoms with Crippen LogP contribution in [0.25, 0.3) is 0 Å². The summed E-state index contributed by atoms with van der Waals surface area (Å²) in [4.78, 5) is 12.2. The topological polar surface area (TPSA) is 144 Å². The third-order valence-corrected chi connectivity index (χ3v) is 11.7. The Kier molecular flexibility index (Phi) is 7.69. The molecule has 4 saturated carbocycles. The fraction of sp³-hybridized carbons (Fsp3) is 0.962. The van der Waals surface area contributed by atoms with Gasteiger partial charge in [0.2, 0.25) is 5.91 Å². The van der Waals surface area contributed by atoms with Crippen LogP contribution < -0.4 is 5.32 Å². The smallest absolute Gasteiger partial charge is 0.266 e. The van der Waals surface area contributed by atoms with Crippen molar-refractivity contribution in [3.63, 3.8) is 0 Å². The number of aliphatic hydroxyl groups excluding tert-OH is 3. The van der Waals surface area contributed by atoms with Crippen LogP contribution in [-0.4, -0.2) is 64.8 Å². The molecule has 8 nitrogen and oxygen atoms in total. The van der Waals surface area contributed by atoms with E-state index in [-0.39, 0.29) is 65.4 Å². The van der Waals surface area contributed by atoms with Gasteiger partial charge in [-0.2, -0.15) is 8.42 Å². The van der Waals surface area contributed by atoms with E-state index in [2.05, 4.69) is 26.1 Å². The van der Waals surface area contributed by atoms with Crippen LogP contribution in [0.5, 0.6) is 0 Å². The van der Waals surface area contributed by atoms with Crippen LogP contribution in [0, 0.1) is 46.3 Å². The first-order valence-corrected chi connectivity index (χ1v) is 15.1. The molecule has 1 unspecified atom stereocenters. The molecular formula is C26H45NO7S. The molecule has 0 heterocycles. The zero-order valence-electron chi connectivity index (χ0n) is 21.4. The van der Waals surface area contributed by atoms with E-state index in [1.165, 1.54) is 0 Å². The molecule has 0 spiro atoms. The van der Waals surface area contributed by atoms with Crippen LogP contribution >= 0.6 is 0 Å². The van der Waals surface area contributed by atoms with Gasteiger partial charge in [-0.25, -0.2) is 0 Å². The van der Waals surface area contributed by atoms with Crippen molar-refractivity contribution in [2.75, 3.05) is 12.3 Å². The van der Waals surface area contributed by atoms with Crippen molar-refractivity contribution < 1.29 is 33.1 Å². The lowest BCUT2D eigenvalue weighted by atomic mass is 9.43. The second kappa shape index (κ2) is 9.86. The molecule has 4 aliphatic rings. The molecule has 5 N–H and O–H groups in total. The van der Waals surface area contributed by atoms with Gasteiger partial charge in [0, 0.05) is 13.0 Å². The largest absolute Gasteiger partial charge is 0.393 e. The first-order chi connectivity index (χ1) is 16.3. The summed E-state index contributed by atoms with van der Waals surface area (Å²) < 4.78 is 30.5. The minimum Gasteiger partial charge on any atom is -0.393 e. The molecule has 0 saturated heterocycles. The molecule has 0 aliphatic heterocycles. The first kappa shape index (κ1) is 27.3. The van der Waals surface area contributed by atoms with E-state index in [0.717, 1.165) is 38.5 Å². The summed E-state index contributed by atoms with van der Waals surface area (Å²) in [7, 11) is -4.10. The van der Waals surface area contributed by atoms with Crippen LogP contribution in [0.1, 0.15) is 78.6 Å². The summed E-state index contributed by atoms with van der Waals surface area (Å²) >= 11 is 0. The third-order valence-electron chi connectivity index (χ3n) is 11.0. The fourth-order valence-corrected chi connectivity index (χ4v) is 9.46. The van der Waals surface area contributed by atoms with Crippen molar-refractivity contribution in [3.8, 4) is 0 Å². The lowest BCUT2D eigenvalue weighted by molar-refractivity contribution is -0.207. The normalized spacial score (nSPS) is 46.3.